The number of carbonyl (C=O) groups is 1. The average molecular weight is 278 g/mol. The van der Waals surface area contributed by atoms with Crippen molar-refractivity contribution < 1.29 is 9.53 Å². The number of ether oxygens (including phenoxy) is 1. The third kappa shape index (κ3) is 2.88. The summed E-state index contributed by atoms with van der Waals surface area (Å²) in [6.07, 6.45) is 3.04. The van der Waals surface area contributed by atoms with Crippen LogP contribution in [0.5, 0.6) is 0 Å². The fourth-order valence-electron chi connectivity index (χ4n) is 1.54. The summed E-state index contributed by atoms with van der Waals surface area (Å²) in [4.78, 5) is 24.1. The van der Waals surface area contributed by atoms with E-state index in [1.54, 1.807) is 32.2 Å². The zero-order chi connectivity index (χ0) is 13.8. The van der Waals surface area contributed by atoms with Gasteiger partial charge in [0.15, 0.2) is 5.82 Å². The number of aryl methyl sites for hydroxylation is 1. The molecule has 0 N–H and O–H groups in total. The second kappa shape index (κ2) is 5.75. The summed E-state index contributed by atoms with van der Waals surface area (Å²) in [5.41, 5.74) is 1.37. The summed E-state index contributed by atoms with van der Waals surface area (Å²) in [5, 5.41) is 0.464. The van der Waals surface area contributed by atoms with Crippen molar-refractivity contribution in [1.82, 2.24) is 15.0 Å². The number of aromatic nitrogens is 3. The van der Waals surface area contributed by atoms with Crippen molar-refractivity contribution in [2.45, 2.75) is 13.8 Å². The Hall–Kier alpha value is -2.01. The van der Waals surface area contributed by atoms with E-state index in [2.05, 4.69) is 15.0 Å². The van der Waals surface area contributed by atoms with Gasteiger partial charge in [0.2, 0.25) is 0 Å². The van der Waals surface area contributed by atoms with E-state index in [9.17, 15) is 4.79 Å². The van der Waals surface area contributed by atoms with Gasteiger partial charge < -0.3 is 4.74 Å². The molecule has 0 saturated heterocycles. The van der Waals surface area contributed by atoms with Crippen LogP contribution in [0.1, 0.15) is 23.0 Å². The van der Waals surface area contributed by atoms with E-state index in [1.165, 1.54) is 6.20 Å². The third-order valence-electron chi connectivity index (χ3n) is 2.44. The van der Waals surface area contributed by atoms with Gasteiger partial charge in [0.05, 0.1) is 22.9 Å². The van der Waals surface area contributed by atoms with Gasteiger partial charge in [-0.25, -0.2) is 14.8 Å². The lowest BCUT2D eigenvalue weighted by Crippen LogP contribution is -2.09. The van der Waals surface area contributed by atoms with E-state index in [1.807, 2.05) is 0 Å². The predicted octanol–water partition coefficient (Wildman–Crippen LogP) is 2.68. The first-order valence-corrected chi connectivity index (χ1v) is 6.13. The summed E-state index contributed by atoms with van der Waals surface area (Å²) in [6.45, 7) is 3.77. The van der Waals surface area contributed by atoms with Crippen molar-refractivity contribution in [3.8, 4) is 11.5 Å². The van der Waals surface area contributed by atoms with Crippen LogP contribution in [0.2, 0.25) is 5.02 Å². The van der Waals surface area contributed by atoms with Crippen molar-refractivity contribution in [2.75, 3.05) is 6.61 Å². The second-order valence-corrected chi connectivity index (χ2v) is 4.15. The molecule has 0 saturated carbocycles. The van der Waals surface area contributed by atoms with Gasteiger partial charge in [0, 0.05) is 12.4 Å². The van der Waals surface area contributed by atoms with Gasteiger partial charge in [-0.05, 0) is 26.0 Å². The Morgan fingerprint density at radius 1 is 1.42 bits per heavy atom. The maximum atomic E-state index is 11.6. The lowest BCUT2D eigenvalue weighted by molar-refractivity contribution is 0.0524. The molecule has 98 valence electrons. The highest BCUT2D eigenvalue weighted by molar-refractivity contribution is 6.32. The standard InChI is InChI=1S/C13H12ClN3O2/c1-3-19-13(18)9-7-16-12(17-8(9)2)11-10(14)5-4-6-15-11/h4-7H,3H2,1-2H3. The monoisotopic (exact) mass is 277 g/mol. The van der Waals surface area contributed by atoms with Crippen LogP contribution >= 0.6 is 11.6 Å². The van der Waals surface area contributed by atoms with E-state index in [0.717, 1.165) is 0 Å². The van der Waals surface area contributed by atoms with Gasteiger partial charge in [-0.15, -0.1) is 0 Å². The molecule has 0 spiro atoms. The zero-order valence-corrected chi connectivity index (χ0v) is 11.3. The predicted molar refractivity (Wildman–Crippen MR) is 71.0 cm³/mol. The molecule has 0 unspecified atom stereocenters. The minimum absolute atomic E-state index is 0.312. The Kier molecular flexibility index (Phi) is 4.06. The number of hydrogen-bond donors (Lipinski definition) is 0. The molecule has 0 fully saturated rings. The molecule has 2 aromatic heterocycles. The number of halogens is 1. The Labute approximate surface area is 115 Å². The van der Waals surface area contributed by atoms with E-state index < -0.39 is 5.97 Å². The molecule has 6 heteroatoms. The fraction of sp³-hybridized carbons (Fsp3) is 0.231. The molecule has 2 rings (SSSR count). The highest BCUT2D eigenvalue weighted by Crippen LogP contribution is 2.22. The highest BCUT2D eigenvalue weighted by atomic mass is 35.5. The van der Waals surface area contributed by atoms with Crippen LogP contribution in [-0.4, -0.2) is 27.5 Å². The Morgan fingerprint density at radius 2 is 2.21 bits per heavy atom. The van der Waals surface area contributed by atoms with Crippen LogP contribution in [0.3, 0.4) is 0 Å². The smallest absolute Gasteiger partial charge is 0.341 e. The molecule has 0 aromatic carbocycles. The molecule has 0 radical (unpaired) electrons. The first-order chi connectivity index (χ1) is 9.13. The molecule has 5 nitrogen and oxygen atoms in total. The molecule has 0 aliphatic carbocycles. The van der Waals surface area contributed by atoms with Crippen molar-refractivity contribution >= 4 is 17.6 Å². The molecule has 0 aliphatic rings. The van der Waals surface area contributed by atoms with Gasteiger partial charge in [-0.2, -0.15) is 0 Å². The lowest BCUT2D eigenvalue weighted by atomic mass is 10.2. The molecule has 0 aliphatic heterocycles. The number of carbonyl (C=O) groups excluding carboxylic acids is 1. The average Bonchev–Trinajstić information content (AvgIpc) is 2.39. The van der Waals surface area contributed by atoms with Gasteiger partial charge >= 0.3 is 5.97 Å². The number of pyridine rings is 1. The number of esters is 1. The molecular formula is C13H12ClN3O2. The van der Waals surface area contributed by atoms with Crippen molar-refractivity contribution in [2.24, 2.45) is 0 Å². The van der Waals surface area contributed by atoms with Crippen LogP contribution in [0.15, 0.2) is 24.5 Å². The SMILES string of the molecule is CCOC(=O)c1cnc(-c2ncccc2Cl)nc1C. The van der Waals surface area contributed by atoms with Gasteiger partial charge in [-0.1, -0.05) is 11.6 Å². The molecule has 2 heterocycles. The number of nitrogens with zero attached hydrogens (tertiary/aromatic N) is 3. The van der Waals surface area contributed by atoms with Gasteiger partial charge in [-0.3, -0.25) is 4.98 Å². The van der Waals surface area contributed by atoms with Crippen LogP contribution < -0.4 is 0 Å². The van der Waals surface area contributed by atoms with E-state index in [-0.39, 0.29) is 0 Å². The maximum Gasteiger partial charge on any atom is 0.341 e. The van der Waals surface area contributed by atoms with Crippen LogP contribution in [0.4, 0.5) is 0 Å². The topological polar surface area (TPSA) is 65.0 Å². The summed E-state index contributed by atoms with van der Waals surface area (Å²) in [7, 11) is 0. The molecule has 19 heavy (non-hydrogen) atoms. The quantitative estimate of drug-likeness (QED) is 0.807. The Morgan fingerprint density at radius 3 is 2.84 bits per heavy atom. The third-order valence-corrected chi connectivity index (χ3v) is 2.75. The Balaban J connectivity index is 2.39. The van der Waals surface area contributed by atoms with E-state index >= 15 is 0 Å². The van der Waals surface area contributed by atoms with Gasteiger partial charge in [0.25, 0.3) is 0 Å². The summed E-state index contributed by atoms with van der Waals surface area (Å²) in [5.74, 6) is -0.0465. The first kappa shape index (κ1) is 13.4. The van der Waals surface area contributed by atoms with Crippen molar-refractivity contribution in [1.29, 1.82) is 0 Å². The lowest BCUT2D eigenvalue weighted by Gasteiger charge is -2.06. The molecular weight excluding hydrogens is 266 g/mol. The minimum Gasteiger partial charge on any atom is -0.462 e. The summed E-state index contributed by atoms with van der Waals surface area (Å²) < 4.78 is 4.92. The highest BCUT2D eigenvalue weighted by Gasteiger charge is 2.15. The van der Waals surface area contributed by atoms with Crippen LogP contribution in [0, 0.1) is 6.92 Å². The van der Waals surface area contributed by atoms with Crippen LogP contribution in [0.25, 0.3) is 11.5 Å². The van der Waals surface area contributed by atoms with Gasteiger partial charge in [0.1, 0.15) is 5.69 Å². The zero-order valence-electron chi connectivity index (χ0n) is 10.6. The van der Waals surface area contributed by atoms with E-state index in [4.69, 9.17) is 16.3 Å². The Bertz CT molecular complexity index is 617. The minimum atomic E-state index is -0.432. The number of rotatable bonds is 3. The largest absolute Gasteiger partial charge is 0.462 e. The van der Waals surface area contributed by atoms with Crippen LogP contribution in [-0.2, 0) is 4.74 Å². The molecule has 2 aromatic rings. The molecule has 0 bridgehead atoms. The van der Waals surface area contributed by atoms with Crippen molar-refractivity contribution in [3.63, 3.8) is 0 Å². The number of hydrogen-bond acceptors (Lipinski definition) is 5. The summed E-state index contributed by atoms with van der Waals surface area (Å²) in [6, 6.07) is 3.44. The fourth-order valence-corrected chi connectivity index (χ4v) is 1.75. The second-order valence-electron chi connectivity index (χ2n) is 3.75. The molecule has 0 atom stereocenters. The summed E-state index contributed by atoms with van der Waals surface area (Å²) >= 11 is 6.03. The maximum absolute atomic E-state index is 11.6. The first-order valence-electron chi connectivity index (χ1n) is 5.75. The van der Waals surface area contributed by atoms with E-state index in [0.29, 0.717) is 34.4 Å². The normalized spacial score (nSPS) is 10.3. The van der Waals surface area contributed by atoms with Crippen molar-refractivity contribution in [3.05, 3.63) is 40.8 Å². The molecule has 0 amide bonds.